The highest BCUT2D eigenvalue weighted by molar-refractivity contribution is 5.85. The molecule has 10 heteroatoms. The third-order valence-electron chi connectivity index (χ3n) is 4.68. The lowest BCUT2D eigenvalue weighted by atomic mass is 10.1. The van der Waals surface area contributed by atoms with Gasteiger partial charge in [-0.05, 0) is 31.2 Å². The zero-order valence-corrected chi connectivity index (χ0v) is 15.2. The first kappa shape index (κ1) is 16.9. The van der Waals surface area contributed by atoms with Crippen LogP contribution in [0.2, 0.25) is 0 Å². The van der Waals surface area contributed by atoms with E-state index in [-0.39, 0.29) is 28.5 Å². The zero-order valence-electron chi connectivity index (χ0n) is 15.2. The lowest BCUT2D eigenvalue weighted by Crippen LogP contribution is -2.33. The van der Waals surface area contributed by atoms with E-state index in [0.717, 1.165) is 6.07 Å². The second-order valence-electron chi connectivity index (χ2n) is 6.43. The van der Waals surface area contributed by atoms with Crippen LogP contribution in [0.1, 0.15) is 17.0 Å². The predicted octanol–water partition coefficient (Wildman–Crippen LogP) is 3.06. The monoisotopic (exact) mass is 390 g/mol. The molecular weight excluding hydrogens is 379 g/mol. The summed E-state index contributed by atoms with van der Waals surface area (Å²) in [5.74, 6) is 0.695. The molecule has 0 saturated carbocycles. The first-order valence-electron chi connectivity index (χ1n) is 8.52. The lowest BCUT2D eigenvalue weighted by molar-refractivity contribution is -0.583. The van der Waals surface area contributed by atoms with Gasteiger partial charge in [-0.15, -0.1) is 0 Å². The summed E-state index contributed by atoms with van der Waals surface area (Å²) in [4.78, 5) is 8.64. The molecule has 4 heterocycles. The zero-order chi connectivity index (χ0) is 20.3. The number of aryl methyl sites for hydroxylation is 2. The van der Waals surface area contributed by atoms with Crippen molar-refractivity contribution in [2.75, 3.05) is 0 Å². The summed E-state index contributed by atoms with van der Waals surface area (Å²) in [5.41, 5.74) is 0.894. The molecule has 0 spiro atoms. The molecule has 4 aromatic heterocycles. The molecule has 29 heavy (non-hydrogen) atoms. The molecule has 0 atom stereocenters. The largest absolute Gasteiger partial charge is 0.618 e. The van der Waals surface area contributed by atoms with Crippen LogP contribution >= 0.6 is 0 Å². The van der Waals surface area contributed by atoms with E-state index in [1.807, 2.05) is 0 Å². The number of benzene rings is 1. The fraction of sp³-hybridized carbons (Fsp3) is 0.105. The number of fused-ring (bicyclic) bond motifs is 3. The number of hydrogen-bond acceptors (Lipinski definition) is 7. The summed E-state index contributed by atoms with van der Waals surface area (Å²) in [5, 5.41) is 26.1. The summed E-state index contributed by atoms with van der Waals surface area (Å²) in [6, 6.07) is 7.80. The van der Waals surface area contributed by atoms with Gasteiger partial charge in [-0.3, -0.25) is 4.40 Å². The third-order valence-corrected chi connectivity index (χ3v) is 4.68. The molecule has 9 nitrogen and oxygen atoms in total. The number of furan rings is 1. The van der Waals surface area contributed by atoms with Crippen molar-refractivity contribution in [3.05, 3.63) is 58.6 Å². The van der Waals surface area contributed by atoms with Crippen LogP contribution in [0.5, 0.6) is 0 Å². The van der Waals surface area contributed by atoms with Crippen LogP contribution in [-0.2, 0) is 0 Å². The Hall–Kier alpha value is -4.26. The number of aromatic nitrogens is 5. The molecule has 0 radical (unpaired) electrons. The van der Waals surface area contributed by atoms with E-state index in [9.17, 15) is 14.9 Å². The molecule has 0 aliphatic carbocycles. The molecule has 0 bridgehead atoms. The van der Waals surface area contributed by atoms with E-state index in [1.54, 1.807) is 36.5 Å². The summed E-state index contributed by atoms with van der Waals surface area (Å²) in [6.45, 7) is 3.35. The Labute approximate surface area is 161 Å². The average Bonchev–Trinajstić information content (AvgIpc) is 3.44. The van der Waals surface area contributed by atoms with Gasteiger partial charge in [0, 0.05) is 6.92 Å². The van der Waals surface area contributed by atoms with Crippen molar-refractivity contribution >= 4 is 16.6 Å². The van der Waals surface area contributed by atoms with Gasteiger partial charge in [-0.1, -0.05) is 5.16 Å². The highest BCUT2D eigenvalue weighted by Crippen LogP contribution is 2.29. The van der Waals surface area contributed by atoms with Crippen LogP contribution in [0, 0.1) is 36.2 Å². The lowest BCUT2D eigenvalue weighted by Gasteiger charge is -2.09. The Morgan fingerprint density at radius 1 is 1.24 bits per heavy atom. The van der Waals surface area contributed by atoms with Gasteiger partial charge in [0.1, 0.15) is 40.7 Å². The molecule has 0 N–H and O–H groups in total. The summed E-state index contributed by atoms with van der Waals surface area (Å²) >= 11 is 0. The Morgan fingerprint density at radius 2 is 2.07 bits per heavy atom. The van der Waals surface area contributed by atoms with Crippen molar-refractivity contribution in [3.63, 3.8) is 0 Å². The standard InChI is InChI=1S/C19H11FN6O3/c1-9-3-6-14(28-9)19-23-18(24-29-19)15-16-10(2)26(27)17-11(7-21)12(20)4-5-13(17)25(16)8-22-15/h3-6,8H,1-2H3. The van der Waals surface area contributed by atoms with Crippen LogP contribution in [0.3, 0.4) is 0 Å². The van der Waals surface area contributed by atoms with Gasteiger partial charge in [0.05, 0.1) is 0 Å². The van der Waals surface area contributed by atoms with Gasteiger partial charge < -0.3 is 14.1 Å². The van der Waals surface area contributed by atoms with Crippen molar-refractivity contribution in [1.82, 2.24) is 19.5 Å². The van der Waals surface area contributed by atoms with E-state index < -0.39 is 5.82 Å². The van der Waals surface area contributed by atoms with Crippen LogP contribution in [0.15, 0.2) is 39.5 Å². The molecule has 0 amide bonds. The van der Waals surface area contributed by atoms with E-state index in [2.05, 4.69) is 15.1 Å². The topological polar surface area (TPSA) is 120 Å². The van der Waals surface area contributed by atoms with Crippen molar-refractivity contribution < 1.29 is 18.1 Å². The second-order valence-corrected chi connectivity index (χ2v) is 6.43. The maximum Gasteiger partial charge on any atom is 0.293 e. The molecule has 0 unspecified atom stereocenters. The van der Waals surface area contributed by atoms with Crippen molar-refractivity contribution in [1.29, 1.82) is 5.26 Å². The van der Waals surface area contributed by atoms with Crippen molar-refractivity contribution in [3.8, 4) is 29.2 Å². The van der Waals surface area contributed by atoms with Crippen LogP contribution in [0.4, 0.5) is 4.39 Å². The first-order valence-corrected chi connectivity index (χ1v) is 8.52. The molecule has 0 saturated heterocycles. The minimum Gasteiger partial charge on any atom is -0.618 e. The summed E-state index contributed by atoms with van der Waals surface area (Å²) in [7, 11) is 0. The second kappa shape index (κ2) is 5.87. The Morgan fingerprint density at radius 3 is 2.79 bits per heavy atom. The third kappa shape index (κ3) is 2.31. The van der Waals surface area contributed by atoms with Crippen molar-refractivity contribution in [2.45, 2.75) is 13.8 Å². The molecular formula is C19H11FN6O3. The maximum absolute atomic E-state index is 14.0. The molecule has 0 aliphatic heterocycles. The fourth-order valence-corrected chi connectivity index (χ4v) is 3.34. The Bertz CT molecular complexity index is 1470. The average molecular weight is 390 g/mol. The van der Waals surface area contributed by atoms with Crippen LogP contribution < -0.4 is 4.73 Å². The number of hydrogen-bond donors (Lipinski definition) is 0. The van der Waals surface area contributed by atoms with E-state index in [4.69, 9.17) is 8.94 Å². The van der Waals surface area contributed by atoms with E-state index in [1.165, 1.54) is 12.4 Å². The smallest absolute Gasteiger partial charge is 0.293 e. The van der Waals surface area contributed by atoms with Gasteiger partial charge in [0.2, 0.25) is 11.5 Å². The molecule has 5 aromatic rings. The molecule has 1 aromatic carbocycles. The SMILES string of the molecule is Cc1ccc(-c2nc(-c3ncn4c3c(C)[n+]([O-])c3c(C#N)c(F)ccc34)no2)o1. The number of halogens is 1. The predicted molar refractivity (Wildman–Crippen MR) is 96.8 cm³/mol. The molecule has 0 fully saturated rings. The van der Waals surface area contributed by atoms with Crippen LogP contribution in [0.25, 0.3) is 39.7 Å². The van der Waals surface area contributed by atoms with Gasteiger partial charge in [-0.25, -0.2) is 9.37 Å². The Balaban J connectivity index is 1.78. The van der Waals surface area contributed by atoms with Gasteiger partial charge in [0.15, 0.2) is 11.3 Å². The quantitative estimate of drug-likeness (QED) is 0.335. The normalized spacial score (nSPS) is 11.4. The highest BCUT2D eigenvalue weighted by Gasteiger charge is 2.26. The van der Waals surface area contributed by atoms with Gasteiger partial charge in [0.25, 0.3) is 11.4 Å². The molecule has 0 aliphatic rings. The molecule has 142 valence electrons. The van der Waals surface area contributed by atoms with Crippen molar-refractivity contribution in [2.24, 2.45) is 0 Å². The minimum atomic E-state index is -0.764. The minimum absolute atomic E-state index is 0.0682. The summed E-state index contributed by atoms with van der Waals surface area (Å²) < 4.78 is 26.9. The highest BCUT2D eigenvalue weighted by atomic mass is 19.1. The van der Waals surface area contributed by atoms with Crippen LogP contribution in [-0.4, -0.2) is 19.5 Å². The maximum atomic E-state index is 14.0. The van der Waals surface area contributed by atoms with Gasteiger partial charge >= 0.3 is 0 Å². The first-order chi connectivity index (χ1) is 14.0. The number of nitriles is 1. The molecule has 5 rings (SSSR count). The Kier molecular flexibility index (Phi) is 3.42. The number of nitrogens with zero attached hydrogens (tertiary/aromatic N) is 6. The van der Waals surface area contributed by atoms with E-state index in [0.29, 0.717) is 33.0 Å². The van der Waals surface area contributed by atoms with Gasteiger partial charge in [-0.2, -0.15) is 15.0 Å². The number of rotatable bonds is 2. The summed E-state index contributed by atoms with van der Waals surface area (Å²) in [6.07, 6.45) is 1.46. The fourth-order valence-electron chi connectivity index (χ4n) is 3.34. The van der Waals surface area contributed by atoms with E-state index >= 15 is 0 Å². The number of imidazole rings is 1.